The molecular weight excluding hydrogens is 218 g/mol. The Morgan fingerprint density at radius 1 is 1.00 bits per heavy atom. The summed E-state index contributed by atoms with van der Waals surface area (Å²) >= 11 is 0. The predicted octanol–water partition coefficient (Wildman–Crippen LogP) is 0.167. The van der Waals surface area contributed by atoms with Gasteiger partial charge in [-0.05, 0) is 6.07 Å². The van der Waals surface area contributed by atoms with Crippen molar-refractivity contribution in [2.45, 2.75) is 0 Å². The maximum Gasteiger partial charge on any atom is 0.274 e. The molecule has 3 rings (SSSR count). The zero-order valence-corrected chi connectivity index (χ0v) is 8.27. The van der Waals surface area contributed by atoms with Gasteiger partial charge in [-0.15, -0.1) is 12.4 Å². The molecule has 76 valence electrons. The van der Waals surface area contributed by atoms with Gasteiger partial charge < -0.3 is 0 Å². The van der Waals surface area contributed by atoms with Crippen LogP contribution in [0.2, 0.25) is 0 Å². The van der Waals surface area contributed by atoms with Crippen molar-refractivity contribution in [1.29, 1.82) is 0 Å². The minimum atomic E-state index is -0.231. The van der Waals surface area contributed by atoms with Crippen molar-refractivity contribution in [1.82, 2.24) is 13.8 Å². The predicted molar refractivity (Wildman–Crippen MR) is 57.1 cm³/mol. The van der Waals surface area contributed by atoms with E-state index in [1.54, 1.807) is 18.5 Å². The lowest BCUT2D eigenvalue weighted by atomic mass is 10.4. The SMILES string of the molecule is Cl.O=c1ccc2ncc(=O)n3ccn1c23. The van der Waals surface area contributed by atoms with Gasteiger partial charge in [-0.3, -0.25) is 18.4 Å². The molecule has 0 saturated heterocycles. The van der Waals surface area contributed by atoms with E-state index in [9.17, 15) is 9.59 Å². The highest BCUT2D eigenvalue weighted by Gasteiger charge is 2.06. The van der Waals surface area contributed by atoms with Crippen LogP contribution in [0.25, 0.3) is 11.2 Å². The van der Waals surface area contributed by atoms with Gasteiger partial charge in [0, 0.05) is 18.5 Å². The first-order chi connectivity index (χ1) is 6.77. The summed E-state index contributed by atoms with van der Waals surface area (Å²) in [4.78, 5) is 26.7. The average Bonchev–Trinajstić information content (AvgIpc) is 2.62. The molecule has 0 atom stereocenters. The third-order valence-corrected chi connectivity index (χ3v) is 2.22. The summed E-state index contributed by atoms with van der Waals surface area (Å²) < 4.78 is 2.81. The molecule has 0 aliphatic rings. The summed E-state index contributed by atoms with van der Waals surface area (Å²) in [7, 11) is 0. The van der Waals surface area contributed by atoms with Crippen molar-refractivity contribution in [2.75, 3.05) is 0 Å². The maximum atomic E-state index is 11.4. The van der Waals surface area contributed by atoms with Crippen molar-refractivity contribution >= 4 is 23.6 Å². The van der Waals surface area contributed by atoms with Crippen molar-refractivity contribution in [3.8, 4) is 0 Å². The van der Waals surface area contributed by atoms with E-state index in [0.717, 1.165) is 0 Å². The lowest BCUT2D eigenvalue weighted by molar-refractivity contribution is 1.04. The fourth-order valence-corrected chi connectivity index (χ4v) is 1.59. The normalized spacial score (nSPS) is 10.7. The molecule has 0 saturated carbocycles. The molecule has 0 spiro atoms. The Bertz CT molecular complexity index is 672. The zero-order valence-electron chi connectivity index (χ0n) is 7.45. The second-order valence-electron chi connectivity index (χ2n) is 3.02. The van der Waals surface area contributed by atoms with Gasteiger partial charge in [0.25, 0.3) is 11.1 Å². The van der Waals surface area contributed by atoms with Crippen molar-refractivity contribution in [3.05, 3.63) is 51.4 Å². The van der Waals surface area contributed by atoms with Gasteiger partial charge in [0.15, 0.2) is 5.65 Å². The Kier molecular flexibility index (Phi) is 1.97. The molecule has 3 aromatic heterocycles. The molecule has 15 heavy (non-hydrogen) atoms. The van der Waals surface area contributed by atoms with Crippen LogP contribution in [0.4, 0.5) is 0 Å². The number of pyridine rings is 1. The average molecular weight is 224 g/mol. The third kappa shape index (κ3) is 1.13. The van der Waals surface area contributed by atoms with E-state index in [-0.39, 0.29) is 23.5 Å². The lowest BCUT2D eigenvalue weighted by Gasteiger charge is -1.97. The van der Waals surface area contributed by atoms with Crippen LogP contribution in [0.5, 0.6) is 0 Å². The van der Waals surface area contributed by atoms with Crippen LogP contribution in [-0.2, 0) is 0 Å². The number of nitrogens with zero attached hydrogens (tertiary/aromatic N) is 3. The molecule has 0 aromatic carbocycles. The highest BCUT2D eigenvalue weighted by Crippen LogP contribution is 2.05. The van der Waals surface area contributed by atoms with Gasteiger partial charge in [0.1, 0.15) is 5.52 Å². The highest BCUT2D eigenvalue weighted by molar-refractivity contribution is 5.85. The van der Waals surface area contributed by atoms with Crippen LogP contribution < -0.4 is 11.1 Å². The number of halogens is 1. The van der Waals surface area contributed by atoms with Crippen molar-refractivity contribution in [2.24, 2.45) is 0 Å². The van der Waals surface area contributed by atoms with E-state index < -0.39 is 0 Å². The van der Waals surface area contributed by atoms with Gasteiger partial charge in [-0.1, -0.05) is 0 Å². The van der Waals surface area contributed by atoms with E-state index in [1.807, 2.05) is 0 Å². The van der Waals surface area contributed by atoms with Crippen molar-refractivity contribution in [3.63, 3.8) is 0 Å². The van der Waals surface area contributed by atoms with E-state index in [4.69, 9.17) is 0 Å². The lowest BCUT2D eigenvalue weighted by Crippen LogP contribution is -2.16. The highest BCUT2D eigenvalue weighted by atomic mass is 35.5. The van der Waals surface area contributed by atoms with E-state index in [0.29, 0.717) is 11.2 Å². The molecule has 6 heteroatoms. The third-order valence-electron chi connectivity index (χ3n) is 2.22. The second-order valence-corrected chi connectivity index (χ2v) is 3.02. The monoisotopic (exact) mass is 223 g/mol. The molecule has 3 aromatic rings. The zero-order chi connectivity index (χ0) is 9.71. The molecule has 3 heterocycles. The fourth-order valence-electron chi connectivity index (χ4n) is 1.59. The molecule has 0 unspecified atom stereocenters. The summed E-state index contributed by atoms with van der Waals surface area (Å²) in [5, 5.41) is 0. The Balaban J connectivity index is 0.000000853. The first-order valence-electron chi connectivity index (χ1n) is 4.08. The van der Waals surface area contributed by atoms with Crippen LogP contribution in [0.1, 0.15) is 0 Å². The Labute approximate surface area is 89.4 Å². The number of hydrogen-bond acceptors (Lipinski definition) is 3. The molecular formula is C9H6ClN3O2. The molecule has 0 bridgehead atoms. The maximum absolute atomic E-state index is 11.4. The first-order valence-corrected chi connectivity index (χ1v) is 4.08. The molecule has 0 radical (unpaired) electrons. The van der Waals surface area contributed by atoms with Crippen LogP contribution in [0.15, 0.2) is 40.3 Å². The number of hydrogen-bond donors (Lipinski definition) is 0. The first kappa shape index (κ1) is 9.67. The molecule has 0 aliphatic carbocycles. The van der Waals surface area contributed by atoms with Gasteiger partial charge in [-0.2, -0.15) is 0 Å². The molecule has 5 nitrogen and oxygen atoms in total. The summed E-state index contributed by atoms with van der Waals surface area (Å²) in [6.45, 7) is 0. The summed E-state index contributed by atoms with van der Waals surface area (Å²) in [6, 6.07) is 3.04. The standard InChI is InChI=1S/C9H5N3O2.ClH/c13-7-2-1-6-9-11(7)3-4-12(9)8(14)5-10-6;/h1-5H;1H. The summed E-state index contributed by atoms with van der Waals surface area (Å²) in [6.07, 6.45) is 4.37. The van der Waals surface area contributed by atoms with E-state index >= 15 is 0 Å². The van der Waals surface area contributed by atoms with E-state index in [1.165, 1.54) is 21.1 Å². The van der Waals surface area contributed by atoms with Crippen LogP contribution in [0.3, 0.4) is 0 Å². The summed E-state index contributed by atoms with van der Waals surface area (Å²) in [5.41, 5.74) is 0.775. The van der Waals surface area contributed by atoms with Crippen molar-refractivity contribution < 1.29 is 0 Å². The van der Waals surface area contributed by atoms with Crippen LogP contribution >= 0.6 is 12.4 Å². The molecule has 0 fully saturated rings. The second kappa shape index (κ2) is 3.06. The minimum absolute atomic E-state index is 0. The fraction of sp³-hybridized carbons (Fsp3) is 0. The Morgan fingerprint density at radius 2 is 1.67 bits per heavy atom. The van der Waals surface area contributed by atoms with E-state index in [2.05, 4.69) is 4.98 Å². The molecule has 0 aliphatic heterocycles. The summed E-state index contributed by atoms with van der Waals surface area (Å²) in [5.74, 6) is 0. The Morgan fingerprint density at radius 3 is 2.40 bits per heavy atom. The quantitative estimate of drug-likeness (QED) is 0.546. The van der Waals surface area contributed by atoms with Gasteiger partial charge >= 0.3 is 0 Å². The number of aromatic nitrogens is 3. The molecule has 0 amide bonds. The number of rotatable bonds is 0. The minimum Gasteiger partial charge on any atom is -0.269 e. The van der Waals surface area contributed by atoms with Gasteiger partial charge in [0.2, 0.25) is 0 Å². The largest absolute Gasteiger partial charge is 0.274 e. The van der Waals surface area contributed by atoms with Crippen LogP contribution in [-0.4, -0.2) is 13.8 Å². The molecule has 0 N–H and O–H groups in total. The topological polar surface area (TPSA) is 55.8 Å². The van der Waals surface area contributed by atoms with Gasteiger partial charge in [0.05, 0.1) is 6.20 Å². The number of imidazole rings is 1. The smallest absolute Gasteiger partial charge is 0.269 e. The van der Waals surface area contributed by atoms with Crippen LogP contribution in [0, 0.1) is 0 Å². The van der Waals surface area contributed by atoms with Gasteiger partial charge in [-0.25, -0.2) is 4.98 Å². The Hall–Kier alpha value is -1.88.